The summed E-state index contributed by atoms with van der Waals surface area (Å²) in [5, 5.41) is 3.81. The molecule has 0 aromatic heterocycles. The average Bonchev–Trinajstić information content (AvgIpc) is 3.20. The summed E-state index contributed by atoms with van der Waals surface area (Å²) in [7, 11) is 1.27. The molecule has 7 heteroatoms. The number of nitrogens with one attached hydrogen (secondary N) is 1. The molecule has 2 fully saturated rings. The molecule has 0 aliphatic carbocycles. The number of carbonyl (C=O) groups excluding carboxylic acids is 3. The van der Waals surface area contributed by atoms with Crippen LogP contribution in [0.15, 0.2) is 54.6 Å². The largest absolute Gasteiger partial charge is 0.468 e. The van der Waals surface area contributed by atoms with E-state index in [9.17, 15) is 14.4 Å². The molecule has 2 saturated heterocycles. The number of cyclic esters (lactones) is 2. The van der Waals surface area contributed by atoms with E-state index in [1.165, 1.54) is 7.11 Å². The fourth-order valence-electron chi connectivity index (χ4n) is 4.29. The second kappa shape index (κ2) is 7.04. The van der Waals surface area contributed by atoms with Gasteiger partial charge in [0.25, 0.3) is 0 Å². The summed E-state index contributed by atoms with van der Waals surface area (Å²) in [5.41, 5.74) is 0.168. The second-order valence-corrected chi connectivity index (χ2v) is 7.48. The first-order chi connectivity index (χ1) is 13.5. The molecule has 2 heterocycles. The number of halogens is 1. The monoisotopic (exact) mass is 399 g/mol. The maximum Gasteiger partial charge on any atom is 0.327 e. The SMILES string of the molecule is COC(=O)[C@]1(Cc2ccccc2)N[C@H](c2ccc(Cl)cc2)[C@@H]2C(=O)OC(=O)[C@@H]21. The Labute approximate surface area is 166 Å². The van der Waals surface area contributed by atoms with Crippen molar-refractivity contribution in [3.8, 4) is 0 Å². The Morgan fingerprint density at radius 1 is 1.11 bits per heavy atom. The number of methoxy groups -OCH3 is 1. The molecule has 0 amide bonds. The smallest absolute Gasteiger partial charge is 0.327 e. The predicted molar refractivity (Wildman–Crippen MR) is 100 cm³/mol. The minimum absolute atomic E-state index is 0.189. The first kappa shape index (κ1) is 18.7. The molecule has 144 valence electrons. The van der Waals surface area contributed by atoms with Gasteiger partial charge in [0.05, 0.1) is 13.0 Å². The van der Waals surface area contributed by atoms with E-state index in [1.54, 1.807) is 24.3 Å². The van der Waals surface area contributed by atoms with E-state index < -0.39 is 41.3 Å². The molecule has 4 rings (SSSR count). The molecule has 2 aliphatic rings. The molecular weight excluding hydrogens is 382 g/mol. The molecule has 0 saturated carbocycles. The highest BCUT2D eigenvalue weighted by Gasteiger charge is 2.68. The third-order valence-corrected chi connectivity index (χ3v) is 5.75. The van der Waals surface area contributed by atoms with E-state index in [2.05, 4.69) is 5.32 Å². The molecule has 28 heavy (non-hydrogen) atoms. The Bertz CT molecular complexity index is 930. The van der Waals surface area contributed by atoms with Crippen molar-refractivity contribution in [3.63, 3.8) is 0 Å². The quantitative estimate of drug-likeness (QED) is 0.628. The zero-order valence-corrected chi connectivity index (χ0v) is 15.8. The molecule has 2 aliphatic heterocycles. The highest BCUT2D eigenvalue weighted by atomic mass is 35.5. The zero-order valence-electron chi connectivity index (χ0n) is 15.1. The Balaban J connectivity index is 1.83. The van der Waals surface area contributed by atoms with Gasteiger partial charge in [-0.25, -0.2) is 0 Å². The van der Waals surface area contributed by atoms with E-state index in [0.29, 0.717) is 5.02 Å². The van der Waals surface area contributed by atoms with E-state index in [1.807, 2.05) is 30.3 Å². The molecule has 0 bridgehead atoms. The number of ether oxygens (including phenoxy) is 2. The van der Waals surface area contributed by atoms with E-state index in [-0.39, 0.29) is 6.42 Å². The summed E-state index contributed by atoms with van der Waals surface area (Å²) in [6.07, 6.45) is 0.189. The van der Waals surface area contributed by atoms with E-state index in [0.717, 1.165) is 11.1 Å². The van der Waals surface area contributed by atoms with Crippen LogP contribution in [0.2, 0.25) is 5.02 Å². The van der Waals surface area contributed by atoms with Crippen LogP contribution in [-0.4, -0.2) is 30.6 Å². The summed E-state index contributed by atoms with van der Waals surface area (Å²) in [4.78, 5) is 38.1. The highest BCUT2D eigenvalue weighted by Crippen LogP contribution is 2.49. The van der Waals surface area contributed by atoms with Crippen molar-refractivity contribution in [1.82, 2.24) is 5.32 Å². The van der Waals surface area contributed by atoms with Crippen LogP contribution in [0.3, 0.4) is 0 Å². The van der Waals surface area contributed by atoms with Gasteiger partial charge in [0.2, 0.25) is 0 Å². The van der Waals surface area contributed by atoms with Gasteiger partial charge >= 0.3 is 17.9 Å². The summed E-state index contributed by atoms with van der Waals surface area (Å²) < 4.78 is 10.0. The van der Waals surface area contributed by atoms with Crippen molar-refractivity contribution in [2.75, 3.05) is 7.11 Å². The fraction of sp³-hybridized carbons (Fsp3) is 0.286. The van der Waals surface area contributed by atoms with Crippen LogP contribution in [0, 0.1) is 11.8 Å². The van der Waals surface area contributed by atoms with Gasteiger partial charge in [-0.2, -0.15) is 0 Å². The van der Waals surface area contributed by atoms with Crippen LogP contribution < -0.4 is 5.32 Å². The van der Waals surface area contributed by atoms with Gasteiger partial charge in [0, 0.05) is 17.5 Å². The first-order valence-corrected chi connectivity index (χ1v) is 9.25. The third-order valence-electron chi connectivity index (χ3n) is 5.49. The van der Waals surface area contributed by atoms with Crippen LogP contribution >= 0.6 is 11.6 Å². The Kier molecular flexibility index (Phi) is 4.69. The van der Waals surface area contributed by atoms with Gasteiger partial charge in [-0.15, -0.1) is 0 Å². The van der Waals surface area contributed by atoms with Gasteiger partial charge < -0.3 is 9.47 Å². The summed E-state index contributed by atoms with van der Waals surface area (Å²) in [5.74, 6) is -3.75. The lowest BCUT2D eigenvalue weighted by molar-refractivity contribution is -0.160. The molecule has 0 radical (unpaired) electrons. The predicted octanol–water partition coefficient (Wildman–Crippen LogP) is 2.45. The zero-order chi connectivity index (χ0) is 19.9. The van der Waals surface area contributed by atoms with E-state index >= 15 is 0 Å². The Hall–Kier alpha value is -2.70. The Morgan fingerprint density at radius 2 is 1.79 bits per heavy atom. The minimum atomic E-state index is -1.41. The third kappa shape index (κ3) is 2.89. The molecule has 0 spiro atoms. The van der Waals surface area contributed by atoms with Gasteiger partial charge in [-0.1, -0.05) is 54.1 Å². The standard InChI is InChI=1S/C21H18ClNO5/c1-27-20(26)21(11-12-5-3-2-4-6-12)16-15(18(24)28-19(16)25)17(23-21)13-7-9-14(22)10-8-13/h2-10,15-17,23H,11H2,1H3/t15-,16-,17-,21-/m1/s1. The van der Waals surface area contributed by atoms with Crippen LogP contribution in [0.4, 0.5) is 0 Å². The van der Waals surface area contributed by atoms with Crippen LogP contribution in [0.25, 0.3) is 0 Å². The van der Waals surface area contributed by atoms with Crippen LogP contribution in [0.5, 0.6) is 0 Å². The fourth-order valence-corrected chi connectivity index (χ4v) is 4.41. The van der Waals surface area contributed by atoms with Gasteiger partial charge in [-0.3, -0.25) is 19.7 Å². The number of benzene rings is 2. The Morgan fingerprint density at radius 3 is 2.43 bits per heavy atom. The lowest BCUT2D eigenvalue weighted by atomic mass is 9.76. The number of esters is 3. The number of carbonyl (C=O) groups is 3. The van der Waals surface area contributed by atoms with Crippen molar-refractivity contribution in [3.05, 3.63) is 70.7 Å². The maximum atomic E-state index is 12.9. The summed E-state index contributed by atoms with van der Waals surface area (Å²) in [6, 6.07) is 15.6. The van der Waals surface area contributed by atoms with Crippen molar-refractivity contribution in [2.45, 2.75) is 18.0 Å². The van der Waals surface area contributed by atoms with Gasteiger partial charge in [0.15, 0.2) is 0 Å². The number of hydrogen-bond acceptors (Lipinski definition) is 6. The van der Waals surface area contributed by atoms with Crippen molar-refractivity contribution in [2.24, 2.45) is 11.8 Å². The number of rotatable bonds is 4. The molecule has 6 nitrogen and oxygen atoms in total. The summed E-state index contributed by atoms with van der Waals surface area (Å²) in [6.45, 7) is 0. The second-order valence-electron chi connectivity index (χ2n) is 7.04. The normalized spacial score (nSPS) is 28.7. The molecular formula is C21H18ClNO5. The van der Waals surface area contributed by atoms with Crippen LogP contribution in [-0.2, 0) is 30.3 Å². The van der Waals surface area contributed by atoms with Gasteiger partial charge in [0.1, 0.15) is 11.5 Å². The molecule has 1 N–H and O–H groups in total. The van der Waals surface area contributed by atoms with Gasteiger partial charge in [-0.05, 0) is 23.3 Å². The highest BCUT2D eigenvalue weighted by molar-refractivity contribution is 6.30. The first-order valence-electron chi connectivity index (χ1n) is 8.87. The molecule has 2 aromatic carbocycles. The lowest BCUT2D eigenvalue weighted by Gasteiger charge is -2.31. The molecule has 0 unspecified atom stereocenters. The van der Waals surface area contributed by atoms with Crippen molar-refractivity contribution < 1.29 is 23.9 Å². The van der Waals surface area contributed by atoms with Crippen LogP contribution in [0.1, 0.15) is 17.2 Å². The topological polar surface area (TPSA) is 81.7 Å². The number of fused-ring (bicyclic) bond motifs is 1. The average molecular weight is 400 g/mol. The maximum absolute atomic E-state index is 12.9. The summed E-state index contributed by atoms with van der Waals surface area (Å²) >= 11 is 5.98. The molecule has 4 atom stereocenters. The minimum Gasteiger partial charge on any atom is -0.468 e. The van der Waals surface area contributed by atoms with Crippen molar-refractivity contribution in [1.29, 1.82) is 0 Å². The van der Waals surface area contributed by atoms with E-state index in [4.69, 9.17) is 21.1 Å². The van der Waals surface area contributed by atoms with Crippen molar-refractivity contribution >= 4 is 29.5 Å². The number of hydrogen-bond donors (Lipinski definition) is 1. The molecule has 2 aromatic rings. The lowest BCUT2D eigenvalue weighted by Crippen LogP contribution is -2.56.